The molecule has 3 aliphatic heterocycles. The Balaban J connectivity index is 1.07. The quantitative estimate of drug-likeness (QED) is 0.578. The van der Waals surface area contributed by atoms with Crippen LogP contribution in [0.5, 0.6) is 0 Å². The number of piperidine rings is 1. The van der Waals surface area contributed by atoms with Crippen LogP contribution in [0, 0.1) is 0 Å². The number of carbonyl (C=O) groups is 1. The molecular weight excluding hydrogens is 448 g/mol. The molecule has 2 aromatic carbocycles. The Bertz CT molecular complexity index is 1220. The third-order valence-electron chi connectivity index (χ3n) is 7.90. The van der Waals surface area contributed by atoms with Gasteiger partial charge in [-0.25, -0.2) is 9.97 Å². The van der Waals surface area contributed by atoms with E-state index in [4.69, 9.17) is 0 Å². The Morgan fingerprint density at radius 1 is 0.861 bits per heavy atom. The van der Waals surface area contributed by atoms with Crippen LogP contribution in [-0.2, 0) is 13.0 Å². The van der Waals surface area contributed by atoms with Crippen molar-refractivity contribution in [3.8, 4) is 0 Å². The molecule has 1 amide bonds. The zero-order valence-corrected chi connectivity index (χ0v) is 20.8. The first-order chi connectivity index (χ1) is 17.7. The van der Waals surface area contributed by atoms with E-state index in [1.807, 2.05) is 11.0 Å². The first-order valence-electron chi connectivity index (χ1n) is 13.3. The topological polar surface area (TPSA) is 64.6 Å². The number of benzene rings is 2. The lowest BCUT2D eigenvalue weighted by molar-refractivity contribution is 0.0594. The molecule has 3 aliphatic rings. The van der Waals surface area contributed by atoms with E-state index in [0.717, 1.165) is 64.2 Å². The van der Waals surface area contributed by atoms with Crippen molar-refractivity contribution in [1.82, 2.24) is 19.8 Å². The summed E-state index contributed by atoms with van der Waals surface area (Å²) >= 11 is 0. The maximum absolute atomic E-state index is 13.3. The van der Waals surface area contributed by atoms with Gasteiger partial charge in [0.1, 0.15) is 17.8 Å². The lowest BCUT2D eigenvalue weighted by Gasteiger charge is -2.40. The lowest BCUT2D eigenvalue weighted by Crippen LogP contribution is -2.48. The molecule has 0 spiro atoms. The van der Waals surface area contributed by atoms with E-state index in [0.29, 0.717) is 17.6 Å². The van der Waals surface area contributed by atoms with Gasteiger partial charge in [0.05, 0.1) is 0 Å². The number of amides is 1. The average Bonchev–Trinajstić information content (AvgIpc) is 3.48. The number of hydrogen-bond donors (Lipinski definition) is 1. The number of rotatable bonds is 5. The van der Waals surface area contributed by atoms with Crippen LogP contribution in [0.3, 0.4) is 0 Å². The van der Waals surface area contributed by atoms with E-state index in [9.17, 15) is 4.79 Å². The normalized spacial score (nSPS) is 18.8. The van der Waals surface area contributed by atoms with Gasteiger partial charge >= 0.3 is 0 Å². The van der Waals surface area contributed by atoms with Crippen molar-refractivity contribution in [2.45, 2.75) is 44.7 Å². The largest absolute Gasteiger partial charge is 0.371 e. The highest BCUT2D eigenvalue weighted by Crippen LogP contribution is 2.27. The van der Waals surface area contributed by atoms with E-state index in [1.165, 1.54) is 36.0 Å². The number of fused-ring (bicyclic) bond motifs is 1. The maximum Gasteiger partial charge on any atom is 0.272 e. The zero-order chi connectivity index (χ0) is 24.3. The van der Waals surface area contributed by atoms with Gasteiger partial charge in [-0.1, -0.05) is 30.3 Å². The fourth-order valence-corrected chi connectivity index (χ4v) is 5.87. The summed E-state index contributed by atoms with van der Waals surface area (Å²) in [5, 5.41) is 3.37. The number of nitrogens with one attached hydrogen (secondary N) is 1. The van der Waals surface area contributed by atoms with Gasteiger partial charge in [-0.2, -0.15) is 0 Å². The second-order valence-electron chi connectivity index (χ2n) is 10.2. The van der Waals surface area contributed by atoms with E-state index >= 15 is 0 Å². The van der Waals surface area contributed by atoms with Crippen molar-refractivity contribution in [3.63, 3.8) is 0 Å². The van der Waals surface area contributed by atoms with Crippen molar-refractivity contribution in [2.75, 3.05) is 42.9 Å². The second kappa shape index (κ2) is 10.3. The van der Waals surface area contributed by atoms with Gasteiger partial charge in [0.2, 0.25) is 0 Å². The minimum Gasteiger partial charge on any atom is -0.371 e. The minimum absolute atomic E-state index is 0.00583. The highest BCUT2D eigenvalue weighted by atomic mass is 16.2. The first-order valence-corrected chi connectivity index (χ1v) is 13.3. The van der Waals surface area contributed by atoms with E-state index in [1.54, 1.807) is 6.07 Å². The fourth-order valence-electron chi connectivity index (χ4n) is 5.87. The molecule has 4 heterocycles. The summed E-state index contributed by atoms with van der Waals surface area (Å²) in [6.45, 7) is 5.89. The number of nitrogens with zero attached hydrogens (tertiary/aromatic N) is 5. The zero-order valence-electron chi connectivity index (χ0n) is 20.8. The monoisotopic (exact) mass is 482 g/mol. The summed E-state index contributed by atoms with van der Waals surface area (Å²) in [7, 11) is 0. The molecule has 2 saturated heterocycles. The Morgan fingerprint density at radius 2 is 1.67 bits per heavy atom. The van der Waals surface area contributed by atoms with Crippen molar-refractivity contribution in [2.24, 2.45) is 0 Å². The molecule has 0 bridgehead atoms. The SMILES string of the molecule is O=C(c1cc(Nc2cccc(N3CCCC3)c2)ncn1)N1CCC(N2CCc3ccccc3C2)CC1. The number of aromatic nitrogens is 2. The first kappa shape index (κ1) is 23.0. The molecule has 7 heteroatoms. The highest BCUT2D eigenvalue weighted by Gasteiger charge is 2.29. The van der Waals surface area contributed by atoms with Crippen molar-refractivity contribution in [3.05, 3.63) is 77.7 Å². The molecule has 36 heavy (non-hydrogen) atoms. The maximum atomic E-state index is 13.3. The van der Waals surface area contributed by atoms with E-state index in [2.05, 4.69) is 67.5 Å². The van der Waals surface area contributed by atoms with Crippen molar-refractivity contribution < 1.29 is 4.79 Å². The average molecular weight is 483 g/mol. The standard InChI is InChI=1S/C29H34N6O/c36-29(34-16-11-25(12-17-34)35-15-10-22-6-1-2-7-23(22)20-35)27-19-28(31-21-30-27)32-24-8-5-9-26(18-24)33-13-3-4-14-33/h1-2,5-9,18-19,21,25H,3-4,10-17,20H2,(H,30,31,32). The van der Waals surface area contributed by atoms with Crippen LogP contribution in [-0.4, -0.2) is 64.4 Å². The van der Waals surface area contributed by atoms with Gasteiger partial charge in [0.25, 0.3) is 5.91 Å². The number of hydrogen-bond acceptors (Lipinski definition) is 6. The summed E-state index contributed by atoms with van der Waals surface area (Å²) in [4.78, 5) is 28.9. The minimum atomic E-state index is -0.00583. The molecule has 1 N–H and O–H groups in total. The van der Waals surface area contributed by atoms with Gasteiger partial charge in [-0.3, -0.25) is 9.69 Å². The van der Waals surface area contributed by atoms with Gasteiger partial charge in [0.15, 0.2) is 0 Å². The van der Waals surface area contributed by atoms with Gasteiger partial charge in [-0.15, -0.1) is 0 Å². The molecule has 186 valence electrons. The van der Waals surface area contributed by atoms with E-state index in [-0.39, 0.29) is 5.91 Å². The van der Waals surface area contributed by atoms with Crippen LogP contribution in [0.1, 0.15) is 47.3 Å². The molecule has 0 saturated carbocycles. The van der Waals surface area contributed by atoms with E-state index < -0.39 is 0 Å². The van der Waals surface area contributed by atoms with Crippen LogP contribution in [0.15, 0.2) is 60.9 Å². The molecule has 7 nitrogen and oxygen atoms in total. The molecule has 0 unspecified atom stereocenters. The number of anilines is 3. The van der Waals surface area contributed by atoms with Crippen molar-refractivity contribution in [1.29, 1.82) is 0 Å². The molecule has 1 aromatic heterocycles. The predicted molar refractivity (Wildman–Crippen MR) is 143 cm³/mol. The van der Waals surface area contributed by atoms with Crippen molar-refractivity contribution >= 4 is 23.1 Å². The lowest BCUT2D eigenvalue weighted by atomic mass is 9.95. The van der Waals surface area contributed by atoms with Gasteiger partial charge in [0, 0.05) is 62.8 Å². The second-order valence-corrected chi connectivity index (χ2v) is 10.2. The van der Waals surface area contributed by atoms with Crippen LogP contribution in [0.25, 0.3) is 0 Å². The summed E-state index contributed by atoms with van der Waals surface area (Å²) < 4.78 is 0. The summed E-state index contributed by atoms with van der Waals surface area (Å²) in [6.07, 6.45) is 7.11. The fraction of sp³-hybridized carbons (Fsp3) is 0.414. The summed E-state index contributed by atoms with van der Waals surface area (Å²) in [5.74, 6) is 0.641. The molecule has 0 aliphatic carbocycles. The smallest absolute Gasteiger partial charge is 0.272 e. The Labute approximate surface area is 213 Å². The molecule has 6 rings (SSSR count). The number of carbonyl (C=O) groups excluding carboxylic acids is 1. The molecular formula is C29H34N6O. The Morgan fingerprint density at radius 3 is 2.50 bits per heavy atom. The number of likely N-dealkylation sites (tertiary alicyclic amines) is 1. The van der Waals surface area contributed by atoms with Gasteiger partial charge in [-0.05, 0) is 61.4 Å². The molecule has 3 aromatic rings. The third-order valence-corrected chi connectivity index (χ3v) is 7.90. The van der Waals surface area contributed by atoms with Gasteiger partial charge < -0.3 is 15.1 Å². The van der Waals surface area contributed by atoms with Crippen LogP contribution < -0.4 is 10.2 Å². The van der Waals surface area contributed by atoms with Crippen LogP contribution in [0.2, 0.25) is 0 Å². The molecule has 2 fully saturated rings. The summed E-state index contributed by atoms with van der Waals surface area (Å²) in [5.41, 5.74) is 5.59. The molecule has 0 radical (unpaired) electrons. The summed E-state index contributed by atoms with van der Waals surface area (Å²) in [6, 6.07) is 19.5. The Kier molecular flexibility index (Phi) is 6.55. The predicted octanol–water partition coefficient (Wildman–Crippen LogP) is 4.48. The third kappa shape index (κ3) is 4.93. The van der Waals surface area contributed by atoms with Crippen LogP contribution in [0.4, 0.5) is 17.2 Å². The Hall–Kier alpha value is -3.45. The highest BCUT2D eigenvalue weighted by molar-refractivity contribution is 5.93. The van der Waals surface area contributed by atoms with Crippen LogP contribution >= 0.6 is 0 Å². The molecule has 0 atom stereocenters.